The smallest absolute Gasteiger partial charge is 0.410 e. The van der Waals surface area contributed by atoms with Gasteiger partial charge in [0.1, 0.15) is 22.7 Å². The molecule has 1 atom stereocenters. The van der Waals surface area contributed by atoms with Crippen LogP contribution in [0.1, 0.15) is 38.9 Å². The number of likely N-dealkylation sites (tertiary alicyclic amines) is 1. The van der Waals surface area contributed by atoms with Crippen LogP contribution in [0.25, 0.3) is 0 Å². The van der Waals surface area contributed by atoms with Gasteiger partial charge in [-0.3, -0.25) is 0 Å². The number of nitrogens with zero attached hydrogens (tertiary/aromatic N) is 1. The molecule has 22 heavy (non-hydrogen) atoms. The summed E-state index contributed by atoms with van der Waals surface area (Å²) in [4.78, 5) is 13.6. The Labute approximate surface area is 129 Å². The Bertz CT molecular complexity index is 601. The molecule has 0 unspecified atom stereocenters. The molecule has 1 fully saturated rings. The van der Waals surface area contributed by atoms with E-state index < -0.39 is 17.3 Å². The summed E-state index contributed by atoms with van der Waals surface area (Å²) < 4.78 is 11.3. The summed E-state index contributed by atoms with van der Waals surface area (Å²) in [7, 11) is 0. The van der Waals surface area contributed by atoms with Crippen LogP contribution < -0.4 is 4.74 Å². The van der Waals surface area contributed by atoms with E-state index in [1.165, 1.54) is 12.1 Å². The molecular weight excluding hydrogens is 286 g/mol. The summed E-state index contributed by atoms with van der Waals surface area (Å²) in [5.41, 5.74) is -0.471. The lowest BCUT2D eigenvalue weighted by molar-refractivity contribution is -0.114. The number of ether oxygens (including phenoxy) is 2. The van der Waals surface area contributed by atoms with Gasteiger partial charge in [-0.15, -0.1) is 0 Å². The molecule has 6 nitrogen and oxygen atoms in total. The number of benzene rings is 1. The van der Waals surface area contributed by atoms with Crippen molar-refractivity contribution >= 4 is 6.09 Å². The molecule has 1 saturated heterocycles. The van der Waals surface area contributed by atoms with Crippen LogP contribution in [0.15, 0.2) is 18.2 Å². The van der Waals surface area contributed by atoms with Crippen molar-refractivity contribution in [2.45, 2.75) is 44.5 Å². The molecular formula is C16H21NO5. The molecule has 0 aliphatic carbocycles. The molecule has 1 spiro atoms. The first-order valence-electron chi connectivity index (χ1n) is 7.35. The van der Waals surface area contributed by atoms with E-state index in [1.54, 1.807) is 11.0 Å². The molecule has 1 amide bonds. The topological polar surface area (TPSA) is 79.2 Å². The Kier molecular flexibility index (Phi) is 3.25. The summed E-state index contributed by atoms with van der Waals surface area (Å²) in [6.45, 7) is 6.20. The van der Waals surface area contributed by atoms with E-state index in [9.17, 15) is 15.0 Å². The maximum Gasteiger partial charge on any atom is 0.410 e. The second-order valence-corrected chi connectivity index (χ2v) is 7.06. The number of rotatable bonds is 0. The number of fused-ring (bicyclic) bond motifs is 1. The monoisotopic (exact) mass is 307 g/mol. The van der Waals surface area contributed by atoms with Crippen LogP contribution in [0.4, 0.5) is 4.79 Å². The maximum absolute atomic E-state index is 12.0. The van der Waals surface area contributed by atoms with E-state index >= 15 is 0 Å². The van der Waals surface area contributed by atoms with Crippen molar-refractivity contribution in [3.05, 3.63) is 23.8 Å². The van der Waals surface area contributed by atoms with Crippen LogP contribution >= 0.6 is 0 Å². The Morgan fingerprint density at radius 2 is 2.09 bits per heavy atom. The quantitative estimate of drug-likeness (QED) is 0.768. The van der Waals surface area contributed by atoms with Gasteiger partial charge in [0.05, 0.1) is 19.2 Å². The number of carbonyl (C=O) groups is 1. The van der Waals surface area contributed by atoms with Crippen LogP contribution in [-0.2, 0) is 4.74 Å². The molecule has 2 heterocycles. The minimum Gasteiger partial charge on any atom is -0.508 e. The summed E-state index contributed by atoms with van der Waals surface area (Å²) in [6, 6.07) is 4.68. The van der Waals surface area contributed by atoms with Gasteiger partial charge in [0.2, 0.25) is 0 Å². The highest BCUT2D eigenvalue weighted by atomic mass is 16.6. The van der Waals surface area contributed by atoms with Crippen molar-refractivity contribution in [2.24, 2.45) is 0 Å². The molecule has 2 aliphatic rings. The van der Waals surface area contributed by atoms with Gasteiger partial charge in [-0.1, -0.05) is 0 Å². The lowest BCUT2D eigenvalue weighted by Crippen LogP contribution is -2.68. The summed E-state index contributed by atoms with van der Waals surface area (Å²) in [5.74, 6) is 0.564. The number of amides is 1. The third kappa shape index (κ3) is 2.70. The van der Waals surface area contributed by atoms with Gasteiger partial charge in [-0.25, -0.2) is 4.79 Å². The first-order chi connectivity index (χ1) is 10.2. The van der Waals surface area contributed by atoms with Crippen molar-refractivity contribution in [1.29, 1.82) is 0 Å². The molecule has 0 radical (unpaired) electrons. The van der Waals surface area contributed by atoms with Crippen LogP contribution in [-0.4, -0.2) is 45.5 Å². The van der Waals surface area contributed by atoms with Crippen LogP contribution in [0.5, 0.6) is 11.5 Å². The lowest BCUT2D eigenvalue weighted by Gasteiger charge is -2.52. The Morgan fingerprint density at radius 1 is 1.41 bits per heavy atom. The van der Waals surface area contributed by atoms with E-state index in [0.29, 0.717) is 30.8 Å². The maximum atomic E-state index is 12.0. The molecule has 0 saturated carbocycles. The van der Waals surface area contributed by atoms with Crippen LogP contribution in [0.3, 0.4) is 0 Å². The molecule has 120 valence electrons. The number of hydrogen-bond acceptors (Lipinski definition) is 5. The number of aromatic hydroxyl groups is 1. The highest BCUT2D eigenvalue weighted by Gasteiger charge is 2.52. The number of phenolic OH excluding ortho intramolecular Hbond substituents is 1. The van der Waals surface area contributed by atoms with Gasteiger partial charge >= 0.3 is 6.09 Å². The second kappa shape index (κ2) is 4.78. The molecule has 1 aromatic carbocycles. The number of aliphatic hydroxyl groups is 1. The fourth-order valence-corrected chi connectivity index (χ4v) is 2.92. The van der Waals surface area contributed by atoms with E-state index in [4.69, 9.17) is 9.47 Å². The average molecular weight is 307 g/mol. The van der Waals surface area contributed by atoms with Gasteiger partial charge in [0.15, 0.2) is 0 Å². The summed E-state index contributed by atoms with van der Waals surface area (Å²) >= 11 is 0. The summed E-state index contributed by atoms with van der Waals surface area (Å²) in [6.07, 6.45) is -0.618. The Morgan fingerprint density at radius 3 is 2.73 bits per heavy atom. The number of phenols is 1. The molecule has 1 aromatic rings. The van der Waals surface area contributed by atoms with Gasteiger partial charge < -0.3 is 24.6 Å². The number of carbonyl (C=O) groups excluding carboxylic acids is 1. The molecule has 0 bridgehead atoms. The van der Waals surface area contributed by atoms with Crippen molar-refractivity contribution in [3.63, 3.8) is 0 Å². The minimum absolute atomic E-state index is 0.0892. The fourth-order valence-electron chi connectivity index (χ4n) is 2.92. The largest absolute Gasteiger partial charge is 0.508 e. The zero-order valence-electron chi connectivity index (χ0n) is 13.0. The first kappa shape index (κ1) is 15.0. The van der Waals surface area contributed by atoms with Gasteiger partial charge in [-0.05, 0) is 32.9 Å². The molecule has 6 heteroatoms. The van der Waals surface area contributed by atoms with Gasteiger partial charge in [-0.2, -0.15) is 0 Å². The predicted octanol–water partition coefficient (Wildman–Crippen LogP) is 2.20. The number of aliphatic hydroxyl groups excluding tert-OH is 1. The molecule has 0 aromatic heterocycles. The van der Waals surface area contributed by atoms with Gasteiger partial charge in [0, 0.05) is 18.1 Å². The average Bonchev–Trinajstić information content (AvgIpc) is 2.32. The van der Waals surface area contributed by atoms with Crippen LogP contribution in [0, 0.1) is 0 Å². The lowest BCUT2D eigenvalue weighted by atomic mass is 9.83. The van der Waals surface area contributed by atoms with Crippen molar-refractivity contribution in [3.8, 4) is 11.5 Å². The standard InChI is InChI=1S/C16H21NO5/c1-15(2,3)22-14(20)17-8-16(9-17)7-12(19)11-5-4-10(18)6-13(11)21-16/h4-6,12,18-19H,7-9H2,1-3H3/t12-/m1/s1. The van der Waals surface area contributed by atoms with Crippen LogP contribution in [0.2, 0.25) is 0 Å². The van der Waals surface area contributed by atoms with E-state index in [1.807, 2.05) is 20.8 Å². The van der Waals surface area contributed by atoms with E-state index in [-0.39, 0.29) is 11.8 Å². The highest BCUT2D eigenvalue weighted by Crippen LogP contribution is 2.45. The molecule has 2 aliphatic heterocycles. The minimum atomic E-state index is -0.662. The number of hydrogen-bond donors (Lipinski definition) is 2. The van der Waals surface area contributed by atoms with Crippen molar-refractivity contribution in [2.75, 3.05) is 13.1 Å². The third-order valence-electron chi connectivity index (χ3n) is 3.86. The van der Waals surface area contributed by atoms with Gasteiger partial charge in [0.25, 0.3) is 0 Å². The van der Waals surface area contributed by atoms with E-state index in [2.05, 4.69) is 0 Å². The van der Waals surface area contributed by atoms with E-state index in [0.717, 1.165) is 0 Å². The fraction of sp³-hybridized carbons (Fsp3) is 0.562. The Balaban J connectivity index is 1.70. The highest BCUT2D eigenvalue weighted by molar-refractivity contribution is 5.70. The zero-order valence-corrected chi connectivity index (χ0v) is 13.0. The first-order valence-corrected chi connectivity index (χ1v) is 7.35. The second-order valence-electron chi connectivity index (χ2n) is 7.06. The zero-order chi connectivity index (χ0) is 16.1. The molecule has 3 rings (SSSR count). The SMILES string of the molecule is CC(C)(C)OC(=O)N1CC2(C[C@@H](O)c3ccc(O)cc3O2)C1. The Hall–Kier alpha value is -1.95. The normalized spacial score (nSPS) is 22.5. The molecule has 2 N–H and O–H groups in total. The summed E-state index contributed by atoms with van der Waals surface area (Å²) in [5, 5.41) is 19.8. The van der Waals surface area contributed by atoms with Crippen molar-refractivity contribution < 1.29 is 24.5 Å². The third-order valence-corrected chi connectivity index (χ3v) is 3.86. The van der Waals surface area contributed by atoms with Crippen molar-refractivity contribution in [1.82, 2.24) is 4.90 Å². The predicted molar refractivity (Wildman–Crippen MR) is 78.8 cm³/mol.